The molecule has 3 heterocycles. The second-order valence-electron chi connectivity index (χ2n) is 6.54. The van der Waals surface area contributed by atoms with Crippen molar-refractivity contribution in [2.45, 2.75) is 26.1 Å². The highest BCUT2D eigenvalue weighted by Gasteiger charge is 2.19. The topological polar surface area (TPSA) is 60.0 Å². The Hall–Kier alpha value is -2.08. The Balaban J connectivity index is 1.47. The van der Waals surface area contributed by atoms with Crippen LogP contribution >= 0.6 is 23.2 Å². The van der Waals surface area contributed by atoms with Crippen molar-refractivity contribution in [3.05, 3.63) is 75.3 Å². The number of benzene rings is 1. The van der Waals surface area contributed by atoms with Crippen LogP contribution in [-0.4, -0.2) is 26.0 Å². The molecule has 1 aliphatic rings. The molecule has 0 amide bonds. The van der Waals surface area contributed by atoms with Crippen LogP contribution in [0.1, 0.15) is 22.5 Å². The second-order valence-corrected chi connectivity index (χ2v) is 7.35. The van der Waals surface area contributed by atoms with Gasteiger partial charge in [-0.3, -0.25) is 4.90 Å². The van der Waals surface area contributed by atoms with E-state index in [2.05, 4.69) is 37.8 Å². The first kappa shape index (κ1) is 17.3. The molecule has 1 aliphatic heterocycles. The van der Waals surface area contributed by atoms with Crippen molar-refractivity contribution in [2.75, 3.05) is 12.3 Å². The van der Waals surface area contributed by atoms with Crippen LogP contribution in [0, 0.1) is 0 Å². The molecule has 0 unspecified atom stereocenters. The Morgan fingerprint density at radius 2 is 2.00 bits per heavy atom. The molecule has 0 atom stereocenters. The van der Waals surface area contributed by atoms with Crippen LogP contribution in [0.2, 0.25) is 10.0 Å². The fourth-order valence-electron chi connectivity index (χ4n) is 3.34. The smallest absolute Gasteiger partial charge is 0.220 e. The Bertz CT molecular complexity index is 937. The van der Waals surface area contributed by atoms with Gasteiger partial charge in [0, 0.05) is 56.3 Å². The van der Waals surface area contributed by atoms with Gasteiger partial charge in [-0.15, -0.1) is 0 Å². The summed E-state index contributed by atoms with van der Waals surface area (Å²) in [4.78, 5) is 10.9. The number of fused-ring (bicyclic) bond motifs is 1. The number of nitrogens with zero attached hydrogens (tertiary/aromatic N) is 4. The Morgan fingerprint density at radius 1 is 1.12 bits per heavy atom. The van der Waals surface area contributed by atoms with Gasteiger partial charge in [0.05, 0.1) is 15.7 Å². The van der Waals surface area contributed by atoms with Crippen LogP contribution in [0.3, 0.4) is 0 Å². The lowest BCUT2D eigenvalue weighted by atomic mass is 10.1. The number of hydrogen-bond donors (Lipinski definition) is 1. The minimum Gasteiger partial charge on any atom is -0.368 e. The molecule has 0 spiro atoms. The lowest BCUT2D eigenvalue weighted by Crippen LogP contribution is -2.31. The molecule has 3 aromatic rings. The summed E-state index contributed by atoms with van der Waals surface area (Å²) in [6.45, 7) is 3.44. The zero-order valence-electron chi connectivity index (χ0n) is 14.2. The minimum atomic E-state index is 0.354. The van der Waals surface area contributed by atoms with Gasteiger partial charge in [0.1, 0.15) is 0 Å². The highest BCUT2D eigenvalue weighted by Crippen LogP contribution is 2.24. The molecule has 26 heavy (non-hydrogen) atoms. The van der Waals surface area contributed by atoms with Crippen molar-refractivity contribution >= 4 is 29.2 Å². The van der Waals surface area contributed by atoms with E-state index >= 15 is 0 Å². The Morgan fingerprint density at radius 3 is 2.85 bits per heavy atom. The molecule has 0 bridgehead atoms. The van der Waals surface area contributed by atoms with E-state index in [0.717, 1.165) is 49.4 Å². The molecule has 4 rings (SSSR count). The first-order valence-corrected chi connectivity index (χ1v) is 9.24. The summed E-state index contributed by atoms with van der Waals surface area (Å²) in [7, 11) is 0. The highest BCUT2D eigenvalue weighted by molar-refractivity contribution is 6.42. The molecule has 2 aromatic heterocycles. The fraction of sp³-hybridized carbons (Fsp3) is 0.263. The third kappa shape index (κ3) is 3.70. The summed E-state index contributed by atoms with van der Waals surface area (Å²) in [6.07, 6.45) is 4.84. The van der Waals surface area contributed by atoms with Crippen molar-refractivity contribution in [1.29, 1.82) is 0 Å². The average molecular weight is 388 g/mol. The van der Waals surface area contributed by atoms with Gasteiger partial charge in [-0.2, -0.15) is 0 Å². The van der Waals surface area contributed by atoms with E-state index in [1.165, 1.54) is 5.69 Å². The monoisotopic (exact) mass is 387 g/mol. The van der Waals surface area contributed by atoms with Crippen LogP contribution in [0.15, 0.2) is 42.7 Å². The van der Waals surface area contributed by atoms with Gasteiger partial charge in [-0.25, -0.2) is 9.97 Å². The molecule has 1 aromatic carbocycles. The largest absolute Gasteiger partial charge is 0.368 e. The molecule has 0 aliphatic carbocycles. The van der Waals surface area contributed by atoms with Crippen molar-refractivity contribution < 1.29 is 0 Å². The lowest BCUT2D eigenvalue weighted by Gasteiger charge is -2.28. The van der Waals surface area contributed by atoms with Crippen LogP contribution in [0.25, 0.3) is 0 Å². The zero-order chi connectivity index (χ0) is 18.1. The summed E-state index contributed by atoms with van der Waals surface area (Å²) < 4.78 is 2.24. The summed E-state index contributed by atoms with van der Waals surface area (Å²) in [5, 5.41) is 1.17. The lowest BCUT2D eigenvalue weighted by molar-refractivity contribution is 0.237. The van der Waals surface area contributed by atoms with E-state index in [9.17, 15) is 0 Å². The van der Waals surface area contributed by atoms with Crippen molar-refractivity contribution in [3.8, 4) is 0 Å². The zero-order valence-corrected chi connectivity index (χ0v) is 15.7. The third-order valence-electron chi connectivity index (χ3n) is 4.68. The predicted molar refractivity (Wildman–Crippen MR) is 104 cm³/mol. The maximum absolute atomic E-state index is 6.14. The van der Waals surface area contributed by atoms with Gasteiger partial charge in [-0.1, -0.05) is 29.3 Å². The maximum atomic E-state index is 6.14. The number of nitrogen functional groups attached to an aromatic ring is 1. The summed E-state index contributed by atoms with van der Waals surface area (Å²) in [5.41, 5.74) is 10.3. The molecule has 0 radical (unpaired) electrons. The second kappa shape index (κ2) is 7.27. The number of rotatable bonds is 4. The maximum Gasteiger partial charge on any atom is 0.220 e. The molecule has 0 fully saturated rings. The van der Waals surface area contributed by atoms with E-state index in [4.69, 9.17) is 28.9 Å². The summed E-state index contributed by atoms with van der Waals surface area (Å²) in [6, 6.07) is 10.0. The average Bonchev–Trinajstić information content (AvgIpc) is 3.05. The van der Waals surface area contributed by atoms with Gasteiger partial charge < -0.3 is 10.3 Å². The van der Waals surface area contributed by atoms with Crippen LogP contribution in [0.5, 0.6) is 0 Å². The van der Waals surface area contributed by atoms with Gasteiger partial charge in [0.2, 0.25) is 5.95 Å². The molecule has 2 N–H and O–H groups in total. The first-order valence-electron chi connectivity index (χ1n) is 8.49. The molecule has 0 saturated heterocycles. The normalized spacial score (nSPS) is 14.4. The number of aromatic nitrogens is 3. The highest BCUT2D eigenvalue weighted by atomic mass is 35.5. The number of anilines is 1. The Labute approximate surface area is 162 Å². The van der Waals surface area contributed by atoms with Crippen molar-refractivity contribution in [2.24, 2.45) is 0 Å². The van der Waals surface area contributed by atoms with Crippen molar-refractivity contribution in [1.82, 2.24) is 19.4 Å². The minimum absolute atomic E-state index is 0.354. The number of hydrogen-bond acceptors (Lipinski definition) is 4. The van der Waals surface area contributed by atoms with Crippen LogP contribution < -0.4 is 5.73 Å². The quantitative estimate of drug-likeness (QED) is 0.739. The van der Waals surface area contributed by atoms with E-state index in [1.54, 1.807) is 0 Å². The van der Waals surface area contributed by atoms with Gasteiger partial charge >= 0.3 is 0 Å². The fourth-order valence-corrected chi connectivity index (χ4v) is 3.66. The molecule has 5 nitrogen and oxygen atoms in total. The van der Waals surface area contributed by atoms with E-state index in [-0.39, 0.29) is 0 Å². The standard InChI is InChI=1S/C19H19Cl2N5/c20-16-4-3-13(8-17(16)21)10-26-6-1-2-15(26)12-25-7-5-18-14(11-25)9-23-19(22)24-18/h1-4,6,8-9H,5,7,10-12H2,(H2,22,23,24). The predicted octanol–water partition coefficient (Wildman–Crippen LogP) is 3.77. The van der Waals surface area contributed by atoms with Gasteiger partial charge in [-0.05, 0) is 29.8 Å². The van der Waals surface area contributed by atoms with E-state index in [0.29, 0.717) is 16.0 Å². The molecular weight excluding hydrogens is 369 g/mol. The molecule has 134 valence electrons. The molecule has 0 saturated carbocycles. The van der Waals surface area contributed by atoms with Gasteiger partial charge in [0.25, 0.3) is 0 Å². The first-order chi connectivity index (χ1) is 12.6. The Kier molecular flexibility index (Phi) is 4.85. The van der Waals surface area contributed by atoms with Crippen LogP contribution in [-0.2, 0) is 26.1 Å². The van der Waals surface area contributed by atoms with E-state index in [1.807, 2.05) is 24.4 Å². The van der Waals surface area contributed by atoms with Crippen LogP contribution in [0.4, 0.5) is 5.95 Å². The SMILES string of the molecule is Nc1ncc2c(n1)CCN(Cc1cccn1Cc1ccc(Cl)c(Cl)c1)C2. The number of nitrogens with two attached hydrogens (primary N) is 1. The number of halogens is 2. The van der Waals surface area contributed by atoms with Crippen molar-refractivity contribution in [3.63, 3.8) is 0 Å². The third-order valence-corrected chi connectivity index (χ3v) is 5.42. The summed E-state index contributed by atoms with van der Waals surface area (Å²) in [5.74, 6) is 0.354. The molecule has 7 heteroatoms. The van der Waals surface area contributed by atoms with E-state index < -0.39 is 0 Å². The summed E-state index contributed by atoms with van der Waals surface area (Å²) >= 11 is 12.1. The van der Waals surface area contributed by atoms with Gasteiger partial charge in [0.15, 0.2) is 0 Å². The molecular formula is C19H19Cl2N5.